The lowest BCUT2D eigenvalue weighted by Crippen LogP contribution is -2.33. The average Bonchev–Trinajstić information content (AvgIpc) is 3.23. The number of anilines is 1. The standard InChI is InChI=1S/C20H21F2N5O2S2/c21-15-9-18(31(28,29)11-20-25-12-26-30-20)16(22)7-14(15)10-27-6-2-1-3-17(27)13-4-5-24-19(23)8-13/h4-5,7-9,12,17H,1-3,6,10-11H2,(H2,23,24)/t17-/m0/s1. The highest BCUT2D eigenvalue weighted by atomic mass is 32.2. The molecule has 1 aliphatic heterocycles. The van der Waals surface area contributed by atoms with E-state index in [1.807, 2.05) is 6.07 Å². The number of hydrogen-bond donors (Lipinski definition) is 1. The number of likely N-dealkylation sites (tertiary alicyclic amines) is 1. The first-order chi connectivity index (χ1) is 14.8. The predicted molar refractivity (Wildman–Crippen MR) is 113 cm³/mol. The minimum absolute atomic E-state index is 0.00215. The lowest BCUT2D eigenvalue weighted by Gasteiger charge is -2.36. The number of piperidine rings is 1. The first-order valence-electron chi connectivity index (χ1n) is 9.75. The van der Waals surface area contributed by atoms with Crippen molar-refractivity contribution >= 4 is 27.2 Å². The lowest BCUT2D eigenvalue weighted by atomic mass is 9.95. The van der Waals surface area contributed by atoms with Crippen LogP contribution in [0.5, 0.6) is 0 Å². The van der Waals surface area contributed by atoms with Crippen LogP contribution in [0.15, 0.2) is 41.7 Å². The maximum Gasteiger partial charge on any atom is 0.187 e. The monoisotopic (exact) mass is 465 g/mol. The minimum Gasteiger partial charge on any atom is -0.384 e. The van der Waals surface area contributed by atoms with Crippen LogP contribution >= 0.6 is 11.5 Å². The number of nitrogens with zero attached hydrogens (tertiary/aromatic N) is 4. The van der Waals surface area contributed by atoms with E-state index in [0.29, 0.717) is 12.4 Å². The van der Waals surface area contributed by atoms with Crippen LogP contribution in [0, 0.1) is 11.6 Å². The first kappa shape index (κ1) is 21.7. The van der Waals surface area contributed by atoms with Gasteiger partial charge in [-0.2, -0.15) is 4.37 Å². The highest BCUT2D eigenvalue weighted by Crippen LogP contribution is 2.33. The SMILES string of the molecule is Nc1cc([C@@H]2CCCCN2Cc2cc(F)c(S(=O)(=O)Cc3ncns3)cc2F)ccn1. The third-order valence-electron chi connectivity index (χ3n) is 5.33. The van der Waals surface area contributed by atoms with Crippen molar-refractivity contribution in [1.29, 1.82) is 0 Å². The molecule has 0 amide bonds. The number of sulfone groups is 1. The Labute approximate surface area is 183 Å². The molecule has 1 saturated heterocycles. The van der Waals surface area contributed by atoms with Gasteiger partial charge in [0.05, 0.1) is 0 Å². The molecule has 7 nitrogen and oxygen atoms in total. The van der Waals surface area contributed by atoms with Crippen LogP contribution in [-0.2, 0) is 22.1 Å². The normalized spacial score (nSPS) is 17.7. The highest BCUT2D eigenvalue weighted by molar-refractivity contribution is 7.90. The van der Waals surface area contributed by atoms with Crippen molar-refractivity contribution in [2.45, 2.75) is 42.5 Å². The summed E-state index contributed by atoms with van der Waals surface area (Å²) < 4.78 is 58.5. The zero-order valence-corrected chi connectivity index (χ0v) is 18.2. The van der Waals surface area contributed by atoms with Gasteiger partial charge in [0.15, 0.2) is 9.84 Å². The molecule has 1 aliphatic rings. The summed E-state index contributed by atoms with van der Waals surface area (Å²) in [6.45, 7) is 0.872. The van der Waals surface area contributed by atoms with Gasteiger partial charge in [0.2, 0.25) is 0 Å². The molecule has 0 aliphatic carbocycles. The Morgan fingerprint density at radius 1 is 1.16 bits per heavy atom. The Morgan fingerprint density at radius 3 is 2.74 bits per heavy atom. The summed E-state index contributed by atoms with van der Waals surface area (Å²) in [6, 6.07) is 5.42. The van der Waals surface area contributed by atoms with Crippen molar-refractivity contribution in [2.75, 3.05) is 12.3 Å². The van der Waals surface area contributed by atoms with Crippen molar-refractivity contribution in [1.82, 2.24) is 19.2 Å². The largest absolute Gasteiger partial charge is 0.384 e. The molecule has 4 rings (SSSR count). The summed E-state index contributed by atoms with van der Waals surface area (Å²) in [5.41, 5.74) is 6.90. The third-order valence-corrected chi connectivity index (χ3v) is 7.81. The second-order valence-electron chi connectivity index (χ2n) is 7.46. The van der Waals surface area contributed by atoms with Crippen molar-refractivity contribution in [3.05, 3.63) is 64.6 Å². The molecule has 1 atom stereocenters. The summed E-state index contributed by atoms with van der Waals surface area (Å²) in [7, 11) is -4.09. The Balaban J connectivity index is 1.59. The van der Waals surface area contributed by atoms with Gasteiger partial charge in [0.25, 0.3) is 0 Å². The lowest BCUT2D eigenvalue weighted by molar-refractivity contribution is 0.138. The molecule has 2 aromatic heterocycles. The fourth-order valence-corrected chi connectivity index (χ4v) is 6.06. The molecular weight excluding hydrogens is 444 g/mol. The predicted octanol–water partition coefficient (Wildman–Crippen LogP) is 3.49. The highest BCUT2D eigenvalue weighted by Gasteiger charge is 2.28. The van der Waals surface area contributed by atoms with E-state index in [2.05, 4.69) is 19.2 Å². The Kier molecular flexibility index (Phi) is 6.26. The number of halogens is 2. The smallest absolute Gasteiger partial charge is 0.187 e. The number of hydrogen-bond acceptors (Lipinski definition) is 8. The van der Waals surface area contributed by atoms with E-state index in [1.165, 1.54) is 6.33 Å². The zero-order chi connectivity index (χ0) is 22.0. The summed E-state index contributed by atoms with van der Waals surface area (Å²) in [5.74, 6) is -1.84. The Hall–Kier alpha value is -2.50. The zero-order valence-electron chi connectivity index (χ0n) is 16.5. The maximum absolute atomic E-state index is 14.9. The minimum atomic E-state index is -4.09. The number of nitrogen functional groups attached to an aromatic ring is 1. The van der Waals surface area contributed by atoms with Gasteiger partial charge in [-0.05, 0) is 60.7 Å². The quantitative estimate of drug-likeness (QED) is 0.594. The van der Waals surface area contributed by atoms with Gasteiger partial charge in [-0.15, -0.1) is 0 Å². The molecule has 31 heavy (non-hydrogen) atoms. The number of aromatic nitrogens is 3. The Bertz CT molecular complexity index is 1170. The summed E-state index contributed by atoms with van der Waals surface area (Å²) in [5, 5.41) is 0.219. The number of pyridine rings is 1. The Morgan fingerprint density at radius 2 is 2.00 bits per heavy atom. The molecule has 0 spiro atoms. The van der Waals surface area contributed by atoms with Gasteiger partial charge in [-0.1, -0.05) is 6.42 Å². The second kappa shape index (κ2) is 8.93. The average molecular weight is 466 g/mol. The van der Waals surface area contributed by atoms with E-state index < -0.39 is 32.1 Å². The fraction of sp³-hybridized carbons (Fsp3) is 0.350. The maximum atomic E-state index is 14.9. The van der Waals surface area contributed by atoms with Crippen molar-refractivity contribution in [3.63, 3.8) is 0 Å². The fourth-order valence-electron chi connectivity index (χ4n) is 3.88. The van der Waals surface area contributed by atoms with Gasteiger partial charge < -0.3 is 5.73 Å². The molecule has 0 bridgehead atoms. The second-order valence-corrected chi connectivity index (χ2v) is 10.3. The molecule has 0 saturated carbocycles. The van der Waals surface area contributed by atoms with E-state index in [1.54, 1.807) is 12.3 Å². The molecule has 1 aromatic carbocycles. The number of rotatable bonds is 6. The third kappa shape index (κ3) is 4.89. The molecule has 164 valence electrons. The van der Waals surface area contributed by atoms with E-state index in [9.17, 15) is 17.2 Å². The van der Waals surface area contributed by atoms with Crippen LogP contribution in [0.25, 0.3) is 0 Å². The molecule has 3 aromatic rings. The van der Waals surface area contributed by atoms with Gasteiger partial charge in [-0.3, -0.25) is 4.90 Å². The van der Waals surface area contributed by atoms with Crippen LogP contribution < -0.4 is 5.73 Å². The summed E-state index contributed by atoms with van der Waals surface area (Å²) in [4.78, 5) is 9.22. The number of nitrogens with two attached hydrogens (primary N) is 1. The van der Waals surface area contributed by atoms with Gasteiger partial charge in [0.1, 0.15) is 39.4 Å². The molecule has 0 radical (unpaired) electrons. The summed E-state index contributed by atoms with van der Waals surface area (Å²) in [6.07, 6.45) is 5.68. The van der Waals surface area contributed by atoms with Crippen LogP contribution in [0.2, 0.25) is 0 Å². The van der Waals surface area contributed by atoms with E-state index in [4.69, 9.17) is 5.73 Å². The van der Waals surface area contributed by atoms with Crippen molar-refractivity contribution < 1.29 is 17.2 Å². The van der Waals surface area contributed by atoms with E-state index >= 15 is 0 Å². The topological polar surface area (TPSA) is 102 Å². The number of benzene rings is 1. The van der Waals surface area contributed by atoms with Crippen molar-refractivity contribution in [3.8, 4) is 0 Å². The van der Waals surface area contributed by atoms with Crippen LogP contribution in [0.1, 0.15) is 41.4 Å². The molecule has 3 heterocycles. The molecule has 2 N–H and O–H groups in total. The first-order valence-corrected chi connectivity index (χ1v) is 12.2. The van der Waals surface area contributed by atoms with Crippen LogP contribution in [0.3, 0.4) is 0 Å². The summed E-state index contributed by atoms with van der Waals surface area (Å²) >= 11 is 0.904. The van der Waals surface area contributed by atoms with Gasteiger partial charge in [-0.25, -0.2) is 27.2 Å². The van der Waals surface area contributed by atoms with E-state index in [0.717, 1.165) is 48.5 Å². The molecule has 0 unspecified atom stereocenters. The van der Waals surface area contributed by atoms with Gasteiger partial charge in [0, 0.05) is 24.3 Å². The van der Waals surface area contributed by atoms with Crippen LogP contribution in [-0.4, -0.2) is 34.2 Å². The molecule has 1 fully saturated rings. The molecular formula is C20H21F2N5O2S2. The van der Waals surface area contributed by atoms with Crippen molar-refractivity contribution in [2.24, 2.45) is 0 Å². The van der Waals surface area contributed by atoms with Crippen LogP contribution in [0.4, 0.5) is 14.6 Å². The molecule has 11 heteroatoms. The van der Waals surface area contributed by atoms with Gasteiger partial charge >= 0.3 is 0 Å². The van der Waals surface area contributed by atoms with E-state index in [-0.39, 0.29) is 23.2 Å².